The van der Waals surface area contributed by atoms with E-state index >= 15 is 0 Å². The predicted molar refractivity (Wildman–Crippen MR) is 103 cm³/mol. The molecule has 0 spiro atoms. The third kappa shape index (κ3) is 5.23. The lowest BCUT2D eigenvalue weighted by molar-refractivity contribution is -0.189. The fourth-order valence-electron chi connectivity index (χ4n) is 3.22. The van der Waals surface area contributed by atoms with Gasteiger partial charge in [0.1, 0.15) is 22.9 Å². The minimum atomic E-state index is -4.70. The zero-order chi connectivity index (χ0) is 25.2. The average molecular weight is 494 g/mol. The van der Waals surface area contributed by atoms with E-state index in [2.05, 4.69) is 9.47 Å². The Balaban J connectivity index is 1.94. The van der Waals surface area contributed by atoms with Crippen LogP contribution < -0.4 is 9.47 Å². The van der Waals surface area contributed by atoms with Crippen LogP contribution in [0, 0.1) is 29.1 Å². The molecule has 0 saturated carbocycles. The maximum absolute atomic E-state index is 14.5. The molecule has 0 bridgehead atoms. The van der Waals surface area contributed by atoms with Gasteiger partial charge in [0.15, 0.2) is 23.2 Å². The summed E-state index contributed by atoms with van der Waals surface area (Å²) < 4.78 is 133. The van der Waals surface area contributed by atoms with E-state index in [1.54, 1.807) is 6.92 Å². The first kappa shape index (κ1) is 25.3. The summed E-state index contributed by atoms with van der Waals surface area (Å²) in [5.41, 5.74) is -2.94. The third-order valence-corrected chi connectivity index (χ3v) is 4.69. The molecule has 11 heteroatoms. The van der Waals surface area contributed by atoms with Crippen molar-refractivity contribution in [3.63, 3.8) is 0 Å². The molecule has 0 amide bonds. The highest BCUT2D eigenvalue weighted by atomic mass is 19.3. The Morgan fingerprint density at radius 2 is 1.47 bits per heavy atom. The summed E-state index contributed by atoms with van der Waals surface area (Å²) in [4.78, 5) is 0. The highest BCUT2D eigenvalue weighted by Gasteiger charge is 2.41. The van der Waals surface area contributed by atoms with Crippen LogP contribution >= 0.6 is 0 Å². The van der Waals surface area contributed by atoms with Gasteiger partial charge in [-0.25, -0.2) is 22.0 Å². The SMILES string of the molecule is CCCc1ccc(-c2cc(F)c(C(F)(F)Oc3ccc(OC(F)F)c(F)c3)c(F)c2)c(F)c1F. The minimum absolute atomic E-state index is 0.0402. The molecule has 3 aromatic carbocycles. The Kier molecular flexibility index (Phi) is 7.32. The van der Waals surface area contributed by atoms with Crippen molar-refractivity contribution in [1.29, 1.82) is 0 Å². The number of halogens is 9. The summed E-state index contributed by atoms with van der Waals surface area (Å²) in [5.74, 6) is -9.74. The van der Waals surface area contributed by atoms with Crippen LogP contribution in [0.15, 0.2) is 42.5 Å². The number of hydrogen-bond acceptors (Lipinski definition) is 2. The van der Waals surface area contributed by atoms with E-state index < -0.39 is 70.0 Å². The molecule has 182 valence electrons. The van der Waals surface area contributed by atoms with E-state index in [0.717, 1.165) is 6.07 Å². The van der Waals surface area contributed by atoms with Gasteiger partial charge in [-0.3, -0.25) is 0 Å². The number of aryl methyl sites for hydroxylation is 1. The van der Waals surface area contributed by atoms with Crippen molar-refractivity contribution in [2.45, 2.75) is 32.5 Å². The zero-order valence-electron chi connectivity index (χ0n) is 17.3. The number of ether oxygens (including phenoxy) is 2. The van der Waals surface area contributed by atoms with Crippen molar-refractivity contribution in [3.8, 4) is 22.6 Å². The molecule has 0 aromatic heterocycles. The summed E-state index contributed by atoms with van der Waals surface area (Å²) in [6.45, 7) is -1.65. The van der Waals surface area contributed by atoms with E-state index in [1.165, 1.54) is 6.07 Å². The van der Waals surface area contributed by atoms with E-state index in [0.29, 0.717) is 30.7 Å². The lowest BCUT2D eigenvalue weighted by Crippen LogP contribution is -2.25. The molecule has 0 radical (unpaired) electrons. The van der Waals surface area contributed by atoms with Gasteiger partial charge in [0.05, 0.1) is 0 Å². The lowest BCUT2D eigenvalue weighted by Gasteiger charge is -2.20. The maximum Gasteiger partial charge on any atom is 0.432 e. The van der Waals surface area contributed by atoms with E-state index in [-0.39, 0.29) is 18.1 Å². The second-order valence-electron chi connectivity index (χ2n) is 7.05. The van der Waals surface area contributed by atoms with Crippen LogP contribution in [-0.2, 0) is 12.5 Å². The van der Waals surface area contributed by atoms with Gasteiger partial charge in [0.2, 0.25) is 0 Å². The molecule has 0 heterocycles. The minimum Gasteiger partial charge on any atom is -0.432 e. The molecule has 34 heavy (non-hydrogen) atoms. The van der Waals surface area contributed by atoms with Crippen molar-refractivity contribution in [2.75, 3.05) is 0 Å². The topological polar surface area (TPSA) is 18.5 Å². The van der Waals surface area contributed by atoms with Crippen LogP contribution in [0.3, 0.4) is 0 Å². The Morgan fingerprint density at radius 1 is 0.824 bits per heavy atom. The first-order chi connectivity index (χ1) is 15.9. The molecule has 0 aliphatic heterocycles. The Labute approximate surface area is 187 Å². The Bertz CT molecular complexity index is 1170. The quantitative estimate of drug-likeness (QED) is 0.299. The molecule has 0 aliphatic carbocycles. The Morgan fingerprint density at radius 3 is 2.03 bits per heavy atom. The molecule has 0 aliphatic rings. The normalized spacial score (nSPS) is 11.7. The van der Waals surface area contributed by atoms with Crippen molar-refractivity contribution in [1.82, 2.24) is 0 Å². The van der Waals surface area contributed by atoms with Gasteiger partial charge in [0.25, 0.3) is 0 Å². The number of benzene rings is 3. The molecular weight excluding hydrogens is 479 g/mol. The van der Waals surface area contributed by atoms with E-state index in [1.807, 2.05) is 0 Å². The summed E-state index contributed by atoms with van der Waals surface area (Å²) in [6.07, 6.45) is -3.97. The average Bonchev–Trinajstić information content (AvgIpc) is 2.72. The van der Waals surface area contributed by atoms with Gasteiger partial charge >= 0.3 is 12.7 Å². The smallest absolute Gasteiger partial charge is 0.432 e. The summed E-state index contributed by atoms with van der Waals surface area (Å²) in [7, 11) is 0. The van der Waals surface area contributed by atoms with Crippen molar-refractivity contribution < 1.29 is 49.0 Å². The first-order valence-electron chi connectivity index (χ1n) is 9.72. The highest BCUT2D eigenvalue weighted by Crippen LogP contribution is 2.38. The third-order valence-electron chi connectivity index (χ3n) is 4.69. The molecule has 0 unspecified atom stereocenters. The molecule has 2 nitrogen and oxygen atoms in total. The summed E-state index contributed by atoms with van der Waals surface area (Å²) >= 11 is 0. The van der Waals surface area contributed by atoms with Crippen LogP contribution in [0.1, 0.15) is 24.5 Å². The predicted octanol–water partition coefficient (Wildman–Crippen LogP) is 7.73. The van der Waals surface area contributed by atoms with Crippen molar-refractivity contribution in [2.24, 2.45) is 0 Å². The van der Waals surface area contributed by atoms with Crippen molar-refractivity contribution >= 4 is 0 Å². The molecule has 3 rings (SSSR count). The van der Waals surface area contributed by atoms with Gasteiger partial charge in [-0.05, 0) is 41.8 Å². The van der Waals surface area contributed by atoms with Crippen LogP contribution in [0.2, 0.25) is 0 Å². The zero-order valence-corrected chi connectivity index (χ0v) is 17.3. The number of hydrogen-bond donors (Lipinski definition) is 0. The van der Waals surface area contributed by atoms with Crippen LogP contribution in [-0.4, -0.2) is 6.61 Å². The lowest BCUT2D eigenvalue weighted by atomic mass is 9.99. The van der Waals surface area contributed by atoms with Crippen LogP contribution in [0.4, 0.5) is 39.5 Å². The first-order valence-corrected chi connectivity index (χ1v) is 9.72. The van der Waals surface area contributed by atoms with Gasteiger partial charge in [0, 0.05) is 11.6 Å². The second-order valence-corrected chi connectivity index (χ2v) is 7.05. The summed E-state index contributed by atoms with van der Waals surface area (Å²) in [6, 6.07) is 4.45. The molecular formula is C23H15F9O2. The molecule has 0 atom stereocenters. The standard InChI is InChI=1S/C23H15F9O2/c1-2-3-11-4-6-14(21(28)20(11)27)12-8-16(25)19(17(26)9-12)23(31,32)34-13-5-7-18(15(24)10-13)33-22(29)30/h4-10,22H,2-3H2,1H3. The van der Waals surface area contributed by atoms with Gasteiger partial charge in [-0.1, -0.05) is 25.5 Å². The van der Waals surface area contributed by atoms with Gasteiger partial charge in [-0.15, -0.1) is 0 Å². The maximum atomic E-state index is 14.5. The molecule has 3 aromatic rings. The monoisotopic (exact) mass is 494 g/mol. The fourth-order valence-corrected chi connectivity index (χ4v) is 3.22. The highest BCUT2D eigenvalue weighted by molar-refractivity contribution is 5.65. The van der Waals surface area contributed by atoms with E-state index in [4.69, 9.17) is 0 Å². The van der Waals surface area contributed by atoms with Gasteiger partial charge < -0.3 is 9.47 Å². The van der Waals surface area contributed by atoms with Crippen LogP contribution in [0.25, 0.3) is 11.1 Å². The molecule has 0 N–H and O–H groups in total. The van der Waals surface area contributed by atoms with E-state index in [9.17, 15) is 39.5 Å². The summed E-state index contributed by atoms with van der Waals surface area (Å²) in [5, 5.41) is 0. The molecule has 0 fully saturated rings. The largest absolute Gasteiger partial charge is 0.432 e. The second kappa shape index (κ2) is 9.86. The fraction of sp³-hybridized carbons (Fsp3) is 0.217. The number of alkyl halides is 4. The number of rotatable bonds is 8. The van der Waals surface area contributed by atoms with Crippen molar-refractivity contribution in [3.05, 3.63) is 82.7 Å². The van der Waals surface area contributed by atoms with Gasteiger partial charge in [-0.2, -0.15) is 17.6 Å². The molecule has 0 saturated heterocycles. The van der Waals surface area contributed by atoms with Crippen LogP contribution in [0.5, 0.6) is 11.5 Å². The Hall–Kier alpha value is -3.37.